The van der Waals surface area contributed by atoms with Gasteiger partial charge in [-0.1, -0.05) is 0 Å². The summed E-state index contributed by atoms with van der Waals surface area (Å²) in [6.45, 7) is 6.38. The lowest BCUT2D eigenvalue weighted by Gasteiger charge is -2.18. The van der Waals surface area contributed by atoms with Crippen molar-refractivity contribution >= 4 is 22.8 Å². The number of carbonyl (C=O) groups is 2. The SMILES string of the molecule is CCN(CC)C(=O)COC(=O)CCc1c(C)c2ccc(OC)cc2oc1=O. The van der Waals surface area contributed by atoms with Crippen molar-refractivity contribution in [2.75, 3.05) is 26.8 Å². The fourth-order valence-electron chi connectivity index (χ4n) is 2.90. The number of ether oxygens (including phenoxy) is 2. The molecule has 2 rings (SSSR count). The molecule has 1 aromatic carbocycles. The molecule has 0 N–H and O–H groups in total. The number of esters is 1. The van der Waals surface area contributed by atoms with Crippen molar-refractivity contribution in [1.29, 1.82) is 0 Å². The Morgan fingerprint density at radius 2 is 1.89 bits per heavy atom. The van der Waals surface area contributed by atoms with Gasteiger partial charge < -0.3 is 18.8 Å². The van der Waals surface area contributed by atoms with E-state index < -0.39 is 11.6 Å². The normalized spacial score (nSPS) is 10.7. The highest BCUT2D eigenvalue weighted by atomic mass is 16.5. The second kappa shape index (κ2) is 9.21. The van der Waals surface area contributed by atoms with Crippen LogP contribution in [0, 0.1) is 6.92 Å². The van der Waals surface area contributed by atoms with E-state index in [-0.39, 0.29) is 25.4 Å². The molecule has 0 saturated heterocycles. The first-order valence-electron chi connectivity index (χ1n) is 8.94. The molecule has 7 heteroatoms. The molecule has 1 heterocycles. The van der Waals surface area contributed by atoms with Crippen LogP contribution in [-0.2, 0) is 20.7 Å². The maximum absolute atomic E-state index is 12.3. The Balaban J connectivity index is 2.05. The number of amides is 1. The maximum Gasteiger partial charge on any atom is 0.339 e. The van der Waals surface area contributed by atoms with E-state index in [2.05, 4.69) is 0 Å². The van der Waals surface area contributed by atoms with Crippen LogP contribution in [0.1, 0.15) is 31.4 Å². The van der Waals surface area contributed by atoms with Gasteiger partial charge in [-0.05, 0) is 44.9 Å². The van der Waals surface area contributed by atoms with Gasteiger partial charge in [0.2, 0.25) is 0 Å². The van der Waals surface area contributed by atoms with Crippen LogP contribution in [0.2, 0.25) is 0 Å². The number of rotatable bonds is 8. The molecule has 0 spiro atoms. The Labute approximate surface area is 157 Å². The fourth-order valence-corrected chi connectivity index (χ4v) is 2.90. The van der Waals surface area contributed by atoms with Crippen molar-refractivity contribution in [2.24, 2.45) is 0 Å². The third-order valence-corrected chi connectivity index (χ3v) is 4.55. The highest BCUT2D eigenvalue weighted by Gasteiger charge is 2.16. The fraction of sp³-hybridized carbons (Fsp3) is 0.450. The first kappa shape index (κ1) is 20.5. The molecule has 0 aliphatic carbocycles. The Bertz CT molecular complexity index is 882. The van der Waals surface area contributed by atoms with Crippen LogP contribution in [0.3, 0.4) is 0 Å². The van der Waals surface area contributed by atoms with Crippen LogP contribution in [0.25, 0.3) is 11.0 Å². The molecule has 146 valence electrons. The van der Waals surface area contributed by atoms with E-state index in [1.807, 2.05) is 26.8 Å². The highest BCUT2D eigenvalue weighted by molar-refractivity contribution is 5.83. The van der Waals surface area contributed by atoms with Crippen molar-refractivity contribution in [1.82, 2.24) is 4.90 Å². The summed E-state index contributed by atoms with van der Waals surface area (Å²) in [5, 5.41) is 0.787. The van der Waals surface area contributed by atoms with E-state index in [1.54, 1.807) is 17.0 Å². The molecular formula is C20H25NO6. The molecule has 0 unspecified atom stereocenters. The van der Waals surface area contributed by atoms with Crippen molar-refractivity contribution in [2.45, 2.75) is 33.6 Å². The number of methoxy groups -OCH3 is 1. The van der Waals surface area contributed by atoms with Gasteiger partial charge in [-0.2, -0.15) is 0 Å². The van der Waals surface area contributed by atoms with E-state index in [0.29, 0.717) is 30.0 Å². The zero-order valence-electron chi connectivity index (χ0n) is 16.2. The Kier molecular flexibility index (Phi) is 6.98. The summed E-state index contributed by atoms with van der Waals surface area (Å²) >= 11 is 0. The molecule has 7 nitrogen and oxygen atoms in total. The maximum atomic E-state index is 12.3. The number of hydrogen-bond donors (Lipinski definition) is 0. The minimum absolute atomic E-state index is 0.00120. The zero-order valence-corrected chi connectivity index (χ0v) is 16.2. The van der Waals surface area contributed by atoms with Crippen molar-refractivity contribution in [3.63, 3.8) is 0 Å². The molecule has 0 saturated carbocycles. The second-order valence-corrected chi connectivity index (χ2v) is 6.08. The Hall–Kier alpha value is -2.83. The molecule has 0 aliphatic rings. The van der Waals surface area contributed by atoms with Gasteiger partial charge in [-0.3, -0.25) is 9.59 Å². The number of likely N-dealkylation sites (N-methyl/N-ethyl adjacent to an activating group) is 1. The summed E-state index contributed by atoms with van der Waals surface area (Å²) in [7, 11) is 1.54. The number of aryl methyl sites for hydroxylation is 1. The third kappa shape index (κ3) is 4.87. The van der Waals surface area contributed by atoms with Gasteiger partial charge in [0.15, 0.2) is 6.61 Å². The molecule has 0 bridgehead atoms. The van der Waals surface area contributed by atoms with Crippen molar-refractivity contribution in [3.8, 4) is 5.75 Å². The lowest BCUT2D eigenvalue weighted by atomic mass is 10.0. The highest BCUT2D eigenvalue weighted by Crippen LogP contribution is 2.24. The molecule has 0 fully saturated rings. The van der Waals surface area contributed by atoms with E-state index in [0.717, 1.165) is 10.9 Å². The predicted octanol–water partition coefficient (Wildman–Crippen LogP) is 2.45. The number of carbonyl (C=O) groups excluding carboxylic acids is 2. The lowest BCUT2D eigenvalue weighted by Crippen LogP contribution is -2.34. The Morgan fingerprint density at radius 1 is 1.19 bits per heavy atom. The zero-order chi connectivity index (χ0) is 20.0. The summed E-state index contributed by atoms with van der Waals surface area (Å²) in [4.78, 5) is 37.7. The summed E-state index contributed by atoms with van der Waals surface area (Å²) in [5.74, 6) is -0.160. The predicted molar refractivity (Wildman–Crippen MR) is 101 cm³/mol. The van der Waals surface area contributed by atoms with Crippen LogP contribution < -0.4 is 10.4 Å². The van der Waals surface area contributed by atoms with Crippen LogP contribution >= 0.6 is 0 Å². The number of benzene rings is 1. The molecule has 1 aromatic heterocycles. The molecule has 0 atom stereocenters. The molecule has 2 aromatic rings. The van der Waals surface area contributed by atoms with E-state index in [1.165, 1.54) is 7.11 Å². The molecular weight excluding hydrogens is 350 g/mol. The van der Waals surface area contributed by atoms with Gasteiger partial charge in [-0.15, -0.1) is 0 Å². The largest absolute Gasteiger partial charge is 0.497 e. The quantitative estimate of drug-likeness (QED) is 0.520. The Morgan fingerprint density at radius 3 is 2.52 bits per heavy atom. The van der Waals surface area contributed by atoms with Crippen LogP contribution in [0.15, 0.2) is 27.4 Å². The molecule has 1 amide bonds. The van der Waals surface area contributed by atoms with E-state index in [4.69, 9.17) is 13.9 Å². The minimum Gasteiger partial charge on any atom is -0.497 e. The number of nitrogens with zero attached hydrogens (tertiary/aromatic N) is 1. The second-order valence-electron chi connectivity index (χ2n) is 6.08. The average Bonchev–Trinajstić information content (AvgIpc) is 2.66. The topological polar surface area (TPSA) is 86.1 Å². The van der Waals surface area contributed by atoms with Gasteiger partial charge in [0, 0.05) is 36.5 Å². The summed E-state index contributed by atoms with van der Waals surface area (Å²) in [6, 6.07) is 5.25. The molecule has 27 heavy (non-hydrogen) atoms. The van der Waals surface area contributed by atoms with Gasteiger partial charge in [0.25, 0.3) is 5.91 Å². The lowest BCUT2D eigenvalue weighted by molar-refractivity contribution is -0.151. The van der Waals surface area contributed by atoms with Gasteiger partial charge in [-0.25, -0.2) is 4.79 Å². The summed E-state index contributed by atoms with van der Waals surface area (Å²) < 4.78 is 15.5. The first-order chi connectivity index (χ1) is 12.9. The van der Waals surface area contributed by atoms with Crippen LogP contribution in [-0.4, -0.2) is 43.6 Å². The first-order valence-corrected chi connectivity index (χ1v) is 8.94. The van der Waals surface area contributed by atoms with Crippen molar-refractivity contribution < 1.29 is 23.5 Å². The van der Waals surface area contributed by atoms with Crippen LogP contribution in [0.4, 0.5) is 0 Å². The summed E-state index contributed by atoms with van der Waals surface area (Å²) in [5.41, 5.74) is 1.14. The molecule has 0 radical (unpaired) electrons. The van der Waals surface area contributed by atoms with Crippen LogP contribution in [0.5, 0.6) is 5.75 Å². The third-order valence-electron chi connectivity index (χ3n) is 4.55. The van der Waals surface area contributed by atoms with Crippen molar-refractivity contribution in [3.05, 3.63) is 39.7 Å². The van der Waals surface area contributed by atoms with Gasteiger partial charge in [0.1, 0.15) is 11.3 Å². The molecule has 0 aliphatic heterocycles. The van der Waals surface area contributed by atoms with E-state index in [9.17, 15) is 14.4 Å². The van der Waals surface area contributed by atoms with E-state index >= 15 is 0 Å². The standard InChI is InChI=1S/C20H25NO6/c1-5-21(6-2)18(22)12-26-19(23)10-9-16-13(3)15-8-7-14(25-4)11-17(15)27-20(16)24/h7-8,11H,5-6,9-10,12H2,1-4H3. The average molecular weight is 375 g/mol. The van der Waals surface area contributed by atoms with Gasteiger partial charge >= 0.3 is 11.6 Å². The number of fused-ring (bicyclic) bond motifs is 1. The smallest absolute Gasteiger partial charge is 0.339 e. The number of hydrogen-bond acceptors (Lipinski definition) is 6. The summed E-state index contributed by atoms with van der Waals surface area (Å²) in [6.07, 6.45) is 0.188. The van der Waals surface area contributed by atoms with Gasteiger partial charge in [0.05, 0.1) is 7.11 Å². The monoisotopic (exact) mass is 375 g/mol. The minimum atomic E-state index is -0.524.